The molecule has 2 aromatic carbocycles. The van der Waals surface area contributed by atoms with Gasteiger partial charge in [-0.3, -0.25) is 4.79 Å². The van der Waals surface area contributed by atoms with E-state index in [1.54, 1.807) is 12.1 Å². The van der Waals surface area contributed by atoms with Gasteiger partial charge >= 0.3 is 0 Å². The van der Waals surface area contributed by atoms with E-state index in [0.29, 0.717) is 5.56 Å². The molecule has 4 N–H and O–H groups in total. The number of benzene rings is 2. The van der Waals surface area contributed by atoms with Crippen molar-refractivity contribution in [2.75, 3.05) is 18.0 Å². The summed E-state index contributed by atoms with van der Waals surface area (Å²) in [7, 11) is 0. The highest BCUT2D eigenvalue weighted by Gasteiger charge is 2.08. The van der Waals surface area contributed by atoms with Crippen molar-refractivity contribution in [3.05, 3.63) is 47.5 Å². The lowest BCUT2D eigenvalue weighted by Crippen LogP contribution is -2.21. The van der Waals surface area contributed by atoms with Crippen molar-refractivity contribution in [3.63, 3.8) is 0 Å². The van der Waals surface area contributed by atoms with Crippen LogP contribution in [-0.2, 0) is 0 Å². The lowest BCUT2D eigenvalue weighted by atomic mass is 10.2. The van der Waals surface area contributed by atoms with E-state index in [-0.39, 0.29) is 22.8 Å². The van der Waals surface area contributed by atoms with Crippen LogP contribution in [0.5, 0.6) is 17.2 Å². The Kier molecular flexibility index (Phi) is 5.84. The van der Waals surface area contributed by atoms with Crippen molar-refractivity contribution in [2.24, 2.45) is 5.10 Å². The third-order valence-electron chi connectivity index (χ3n) is 3.68. The topological polar surface area (TPSA) is 105 Å². The Hall–Kier alpha value is -3.22. The zero-order valence-electron chi connectivity index (χ0n) is 14.1. The first-order chi connectivity index (χ1) is 11.9. The molecule has 7 nitrogen and oxygen atoms in total. The smallest absolute Gasteiger partial charge is 0.271 e. The van der Waals surface area contributed by atoms with Gasteiger partial charge in [0.2, 0.25) is 0 Å². The van der Waals surface area contributed by atoms with E-state index in [1.807, 2.05) is 19.9 Å². The minimum atomic E-state index is -0.596. The SMILES string of the molecule is CCN(CC)c1ccc(C=NNC(=O)c2cc(O)cc(O)c2)c(O)c1. The summed E-state index contributed by atoms with van der Waals surface area (Å²) in [6.07, 6.45) is 1.32. The fraction of sp³-hybridized carbons (Fsp3) is 0.222. The maximum absolute atomic E-state index is 11.9. The molecule has 0 atom stereocenters. The fourth-order valence-corrected chi connectivity index (χ4v) is 2.38. The number of nitrogens with zero attached hydrogens (tertiary/aromatic N) is 2. The summed E-state index contributed by atoms with van der Waals surface area (Å²) < 4.78 is 0. The van der Waals surface area contributed by atoms with Gasteiger partial charge in [0.15, 0.2) is 0 Å². The summed E-state index contributed by atoms with van der Waals surface area (Å²) in [5.41, 5.74) is 3.70. The number of phenolic OH excluding ortho intramolecular Hbond substituents is 3. The lowest BCUT2D eigenvalue weighted by Gasteiger charge is -2.21. The average Bonchev–Trinajstić information content (AvgIpc) is 2.57. The van der Waals surface area contributed by atoms with Crippen LogP contribution in [0.4, 0.5) is 5.69 Å². The molecular formula is C18H21N3O4. The third-order valence-corrected chi connectivity index (χ3v) is 3.68. The molecule has 0 saturated heterocycles. The molecule has 7 heteroatoms. The standard InChI is InChI=1S/C18H21N3O4/c1-3-21(4-2)14-6-5-12(17(24)9-14)11-19-20-18(25)13-7-15(22)10-16(23)8-13/h5-11,22-24H,3-4H2,1-2H3,(H,20,25). The van der Waals surface area contributed by atoms with Crippen LogP contribution in [0.3, 0.4) is 0 Å². The summed E-state index contributed by atoms with van der Waals surface area (Å²) in [6, 6.07) is 8.75. The highest BCUT2D eigenvalue weighted by atomic mass is 16.3. The molecule has 2 rings (SSSR count). The predicted octanol–water partition coefficient (Wildman–Crippen LogP) is 2.41. The van der Waals surface area contributed by atoms with Crippen molar-refractivity contribution in [2.45, 2.75) is 13.8 Å². The van der Waals surface area contributed by atoms with Gasteiger partial charge < -0.3 is 20.2 Å². The minimum Gasteiger partial charge on any atom is -0.508 e. The van der Waals surface area contributed by atoms with Crippen LogP contribution in [0, 0.1) is 0 Å². The first-order valence-electron chi connectivity index (χ1n) is 7.89. The molecule has 0 radical (unpaired) electrons. The minimum absolute atomic E-state index is 0.0531. The number of aromatic hydroxyl groups is 3. The van der Waals surface area contributed by atoms with Gasteiger partial charge in [0.1, 0.15) is 17.2 Å². The van der Waals surface area contributed by atoms with E-state index < -0.39 is 5.91 Å². The summed E-state index contributed by atoms with van der Waals surface area (Å²) in [5, 5.41) is 32.6. The number of hydrogen-bond donors (Lipinski definition) is 4. The molecule has 0 spiro atoms. The van der Waals surface area contributed by atoms with Gasteiger partial charge in [-0.25, -0.2) is 5.43 Å². The van der Waals surface area contributed by atoms with Crippen molar-refractivity contribution >= 4 is 17.8 Å². The van der Waals surface area contributed by atoms with Crippen LogP contribution < -0.4 is 10.3 Å². The molecule has 2 aromatic rings. The zero-order valence-corrected chi connectivity index (χ0v) is 14.1. The summed E-state index contributed by atoms with van der Waals surface area (Å²) in [5.74, 6) is -0.989. The number of nitrogens with one attached hydrogen (secondary N) is 1. The summed E-state index contributed by atoms with van der Waals surface area (Å²) in [6.45, 7) is 5.72. The van der Waals surface area contributed by atoms with Crippen molar-refractivity contribution in [1.29, 1.82) is 0 Å². The summed E-state index contributed by atoms with van der Waals surface area (Å²) >= 11 is 0. The maximum atomic E-state index is 11.9. The number of hydrazone groups is 1. The van der Waals surface area contributed by atoms with Crippen molar-refractivity contribution < 1.29 is 20.1 Å². The van der Waals surface area contributed by atoms with Crippen LogP contribution in [0.1, 0.15) is 29.8 Å². The number of phenols is 3. The molecule has 0 heterocycles. The second-order valence-electron chi connectivity index (χ2n) is 5.35. The Labute approximate surface area is 145 Å². The molecule has 0 unspecified atom stereocenters. The Balaban J connectivity index is 2.07. The number of anilines is 1. The number of rotatable bonds is 6. The zero-order chi connectivity index (χ0) is 18.4. The van der Waals surface area contributed by atoms with Crippen LogP contribution in [0.2, 0.25) is 0 Å². The molecular weight excluding hydrogens is 322 g/mol. The fourth-order valence-electron chi connectivity index (χ4n) is 2.38. The van der Waals surface area contributed by atoms with Crippen LogP contribution in [0.25, 0.3) is 0 Å². The van der Waals surface area contributed by atoms with Crippen LogP contribution in [-0.4, -0.2) is 40.5 Å². The van der Waals surface area contributed by atoms with E-state index in [0.717, 1.165) is 24.8 Å². The van der Waals surface area contributed by atoms with Gasteiger partial charge in [0.25, 0.3) is 5.91 Å². The highest BCUT2D eigenvalue weighted by molar-refractivity contribution is 5.95. The van der Waals surface area contributed by atoms with Gasteiger partial charge in [-0.2, -0.15) is 5.10 Å². The maximum Gasteiger partial charge on any atom is 0.271 e. The molecule has 0 aromatic heterocycles. The molecule has 132 valence electrons. The molecule has 1 amide bonds. The number of carbonyl (C=O) groups is 1. The molecule has 0 aliphatic carbocycles. The quantitative estimate of drug-likeness (QED) is 0.476. The average molecular weight is 343 g/mol. The highest BCUT2D eigenvalue weighted by Crippen LogP contribution is 2.23. The van der Waals surface area contributed by atoms with E-state index in [9.17, 15) is 20.1 Å². The Bertz CT molecular complexity index is 766. The monoisotopic (exact) mass is 343 g/mol. The first kappa shape index (κ1) is 18.1. The van der Waals surface area contributed by atoms with Gasteiger partial charge in [0.05, 0.1) is 6.21 Å². The number of amides is 1. The molecule has 0 saturated carbocycles. The van der Waals surface area contributed by atoms with Crippen LogP contribution in [0.15, 0.2) is 41.5 Å². The van der Waals surface area contributed by atoms with Crippen LogP contribution >= 0.6 is 0 Å². The molecule has 0 aliphatic rings. The van der Waals surface area contributed by atoms with Gasteiger partial charge in [0, 0.05) is 42.0 Å². The second-order valence-corrected chi connectivity index (χ2v) is 5.35. The Morgan fingerprint density at radius 3 is 2.28 bits per heavy atom. The number of hydrogen-bond acceptors (Lipinski definition) is 6. The Morgan fingerprint density at radius 2 is 1.72 bits per heavy atom. The second kappa shape index (κ2) is 8.05. The van der Waals surface area contributed by atoms with E-state index in [1.165, 1.54) is 18.3 Å². The summed E-state index contributed by atoms with van der Waals surface area (Å²) in [4.78, 5) is 14.0. The van der Waals surface area contributed by atoms with Gasteiger partial charge in [-0.15, -0.1) is 0 Å². The third kappa shape index (κ3) is 4.63. The predicted molar refractivity (Wildman–Crippen MR) is 96.5 cm³/mol. The van der Waals surface area contributed by atoms with E-state index >= 15 is 0 Å². The molecule has 0 bridgehead atoms. The molecule has 25 heavy (non-hydrogen) atoms. The molecule has 0 fully saturated rings. The van der Waals surface area contributed by atoms with E-state index in [2.05, 4.69) is 15.4 Å². The van der Waals surface area contributed by atoms with E-state index in [4.69, 9.17) is 0 Å². The lowest BCUT2D eigenvalue weighted by molar-refractivity contribution is 0.0954. The Morgan fingerprint density at radius 1 is 1.08 bits per heavy atom. The first-order valence-corrected chi connectivity index (χ1v) is 7.89. The van der Waals surface area contributed by atoms with Gasteiger partial charge in [-0.1, -0.05) is 0 Å². The number of carbonyl (C=O) groups excluding carboxylic acids is 1. The van der Waals surface area contributed by atoms with Crippen molar-refractivity contribution in [3.8, 4) is 17.2 Å². The van der Waals surface area contributed by atoms with Gasteiger partial charge in [-0.05, 0) is 38.1 Å². The largest absolute Gasteiger partial charge is 0.508 e. The normalized spacial score (nSPS) is 10.8. The molecule has 0 aliphatic heterocycles. The van der Waals surface area contributed by atoms with Crippen molar-refractivity contribution in [1.82, 2.24) is 5.43 Å².